The van der Waals surface area contributed by atoms with Crippen LogP contribution in [0.25, 0.3) is 0 Å². The first-order chi connectivity index (χ1) is 9.40. The van der Waals surface area contributed by atoms with E-state index in [1.807, 2.05) is 6.07 Å². The molecule has 1 aromatic heterocycles. The van der Waals surface area contributed by atoms with E-state index in [4.69, 9.17) is 0 Å². The van der Waals surface area contributed by atoms with Crippen LogP contribution in [0.1, 0.15) is 44.2 Å². The summed E-state index contributed by atoms with van der Waals surface area (Å²) in [5.74, 6) is 0.889. The van der Waals surface area contributed by atoms with E-state index >= 15 is 0 Å². The lowest BCUT2D eigenvalue weighted by molar-refractivity contribution is 0.604. The van der Waals surface area contributed by atoms with E-state index in [1.54, 1.807) is 12.5 Å². The molecule has 1 atom stereocenters. The van der Waals surface area contributed by atoms with Crippen molar-refractivity contribution in [2.45, 2.75) is 38.6 Å². The SMILES string of the molecule is CCCCCC(Nc1ccncn1)c1ccccc1. The van der Waals surface area contributed by atoms with Gasteiger partial charge in [-0.25, -0.2) is 9.97 Å². The Bertz CT molecular complexity index is 456. The smallest absolute Gasteiger partial charge is 0.129 e. The molecule has 0 bridgehead atoms. The number of unbranched alkanes of at least 4 members (excludes halogenated alkanes) is 2. The lowest BCUT2D eigenvalue weighted by atomic mass is 10.0. The molecule has 19 heavy (non-hydrogen) atoms. The largest absolute Gasteiger partial charge is 0.363 e. The minimum Gasteiger partial charge on any atom is -0.363 e. The number of anilines is 1. The molecule has 0 amide bonds. The van der Waals surface area contributed by atoms with Gasteiger partial charge in [0.1, 0.15) is 12.1 Å². The Balaban J connectivity index is 2.06. The summed E-state index contributed by atoms with van der Waals surface area (Å²) in [6, 6.07) is 12.8. The highest BCUT2D eigenvalue weighted by Crippen LogP contribution is 2.23. The standard InChI is InChI=1S/C16H21N3/c1-2-3-5-10-15(14-8-6-4-7-9-14)19-16-11-12-17-13-18-16/h4,6-9,11-13,15H,2-3,5,10H2,1H3,(H,17,18,19). The Morgan fingerprint density at radius 2 is 1.95 bits per heavy atom. The van der Waals surface area contributed by atoms with E-state index in [0.717, 1.165) is 12.2 Å². The fraction of sp³-hybridized carbons (Fsp3) is 0.375. The van der Waals surface area contributed by atoms with Crippen molar-refractivity contribution in [1.82, 2.24) is 9.97 Å². The van der Waals surface area contributed by atoms with Crippen LogP contribution in [0, 0.1) is 0 Å². The van der Waals surface area contributed by atoms with Gasteiger partial charge in [0.05, 0.1) is 6.04 Å². The number of aromatic nitrogens is 2. The van der Waals surface area contributed by atoms with Crippen LogP contribution < -0.4 is 5.32 Å². The van der Waals surface area contributed by atoms with Crippen LogP contribution in [0.4, 0.5) is 5.82 Å². The minimum absolute atomic E-state index is 0.322. The summed E-state index contributed by atoms with van der Waals surface area (Å²) in [7, 11) is 0. The lowest BCUT2D eigenvalue weighted by Crippen LogP contribution is -2.11. The van der Waals surface area contributed by atoms with Crippen LogP contribution in [0.15, 0.2) is 48.9 Å². The molecule has 0 fully saturated rings. The van der Waals surface area contributed by atoms with Crippen molar-refractivity contribution in [3.05, 3.63) is 54.5 Å². The third-order valence-corrected chi connectivity index (χ3v) is 3.20. The average Bonchev–Trinajstić information content (AvgIpc) is 2.48. The van der Waals surface area contributed by atoms with Gasteiger partial charge in [-0.1, -0.05) is 56.5 Å². The van der Waals surface area contributed by atoms with E-state index < -0.39 is 0 Å². The van der Waals surface area contributed by atoms with Gasteiger partial charge in [-0.05, 0) is 18.1 Å². The van der Waals surface area contributed by atoms with Gasteiger partial charge in [0, 0.05) is 6.20 Å². The maximum Gasteiger partial charge on any atom is 0.129 e. The minimum atomic E-state index is 0.322. The second-order valence-corrected chi connectivity index (χ2v) is 4.70. The van der Waals surface area contributed by atoms with E-state index in [-0.39, 0.29) is 0 Å². The molecule has 1 aromatic carbocycles. The molecule has 1 unspecified atom stereocenters. The van der Waals surface area contributed by atoms with Crippen molar-refractivity contribution in [3.8, 4) is 0 Å². The molecule has 0 saturated carbocycles. The van der Waals surface area contributed by atoms with Crippen molar-refractivity contribution in [1.29, 1.82) is 0 Å². The molecule has 100 valence electrons. The van der Waals surface area contributed by atoms with Gasteiger partial charge in [0.25, 0.3) is 0 Å². The highest BCUT2D eigenvalue weighted by molar-refractivity contribution is 5.36. The maximum absolute atomic E-state index is 4.25. The fourth-order valence-corrected chi connectivity index (χ4v) is 2.16. The monoisotopic (exact) mass is 255 g/mol. The van der Waals surface area contributed by atoms with Crippen molar-refractivity contribution in [3.63, 3.8) is 0 Å². The second kappa shape index (κ2) is 7.52. The van der Waals surface area contributed by atoms with Crippen LogP contribution in [-0.2, 0) is 0 Å². The van der Waals surface area contributed by atoms with Crippen molar-refractivity contribution in [2.24, 2.45) is 0 Å². The van der Waals surface area contributed by atoms with E-state index in [0.29, 0.717) is 6.04 Å². The van der Waals surface area contributed by atoms with Crippen LogP contribution in [0.2, 0.25) is 0 Å². The first-order valence-corrected chi connectivity index (χ1v) is 6.97. The van der Waals surface area contributed by atoms with Gasteiger partial charge in [-0.2, -0.15) is 0 Å². The van der Waals surface area contributed by atoms with Gasteiger partial charge in [-0.3, -0.25) is 0 Å². The van der Waals surface area contributed by atoms with Crippen molar-refractivity contribution < 1.29 is 0 Å². The fourth-order valence-electron chi connectivity index (χ4n) is 2.16. The second-order valence-electron chi connectivity index (χ2n) is 4.70. The number of rotatable bonds is 7. The first kappa shape index (κ1) is 13.5. The van der Waals surface area contributed by atoms with Crippen LogP contribution in [0.3, 0.4) is 0 Å². The summed E-state index contributed by atoms with van der Waals surface area (Å²) in [6.07, 6.45) is 8.22. The molecule has 1 N–H and O–H groups in total. The quantitative estimate of drug-likeness (QED) is 0.753. The van der Waals surface area contributed by atoms with E-state index in [2.05, 4.69) is 52.5 Å². The van der Waals surface area contributed by atoms with Gasteiger partial charge < -0.3 is 5.32 Å². The maximum atomic E-state index is 4.25. The lowest BCUT2D eigenvalue weighted by Gasteiger charge is -2.19. The van der Waals surface area contributed by atoms with Crippen molar-refractivity contribution >= 4 is 5.82 Å². The Kier molecular flexibility index (Phi) is 5.35. The molecule has 2 rings (SSSR count). The highest BCUT2D eigenvalue weighted by atomic mass is 15.0. The first-order valence-electron chi connectivity index (χ1n) is 6.97. The van der Waals surface area contributed by atoms with Crippen molar-refractivity contribution in [2.75, 3.05) is 5.32 Å². The molecule has 0 saturated heterocycles. The molecule has 3 nitrogen and oxygen atoms in total. The van der Waals surface area contributed by atoms with Crippen LogP contribution in [-0.4, -0.2) is 9.97 Å². The Morgan fingerprint density at radius 3 is 2.63 bits per heavy atom. The van der Waals surface area contributed by atoms with Gasteiger partial charge in [0.2, 0.25) is 0 Å². The molecule has 0 spiro atoms. The zero-order chi connectivity index (χ0) is 13.3. The van der Waals surface area contributed by atoms with Crippen LogP contribution in [0.5, 0.6) is 0 Å². The van der Waals surface area contributed by atoms with Gasteiger partial charge >= 0.3 is 0 Å². The summed E-state index contributed by atoms with van der Waals surface area (Å²) in [5.41, 5.74) is 1.32. The Labute approximate surface area is 115 Å². The molecule has 0 aliphatic heterocycles. The zero-order valence-corrected chi connectivity index (χ0v) is 11.4. The van der Waals surface area contributed by atoms with E-state index in [9.17, 15) is 0 Å². The number of nitrogens with zero attached hydrogens (tertiary/aromatic N) is 2. The summed E-state index contributed by atoms with van der Waals surface area (Å²) in [5, 5.41) is 3.50. The summed E-state index contributed by atoms with van der Waals surface area (Å²) in [4.78, 5) is 8.20. The molecule has 0 aliphatic carbocycles. The number of nitrogens with one attached hydrogen (secondary N) is 1. The Morgan fingerprint density at radius 1 is 1.11 bits per heavy atom. The number of benzene rings is 1. The predicted molar refractivity (Wildman–Crippen MR) is 79.0 cm³/mol. The summed E-state index contributed by atoms with van der Waals surface area (Å²) >= 11 is 0. The molecule has 0 aliphatic rings. The highest BCUT2D eigenvalue weighted by Gasteiger charge is 2.11. The third kappa shape index (κ3) is 4.36. The molecule has 2 aromatic rings. The Hall–Kier alpha value is -1.90. The summed E-state index contributed by atoms with van der Waals surface area (Å²) < 4.78 is 0. The predicted octanol–water partition coefficient (Wildman–Crippen LogP) is 4.21. The molecule has 1 heterocycles. The van der Waals surface area contributed by atoms with Gasteiger partial charge in [0.15, 0.2) is 0 Å². The normalized spacial score (nSPS) is 12.1. The average molecular weight is 255 g/mol. The number of hydrogen-bond acceptors (Lipinski definition) is 3. The zero-order valence-electron chi connectivity index (χ0n) is 11.4. The molecule has 3 heteroatoms. The molecular formula is C16H21N3. The summed E-state index contributed by atoms with van der Waals surface area (Å²) in [6.45, 7) is 2.23. The van der Waals surface area contributed by atoms with Gasteiger partial charge in [-0.15, -0.1) is 0 Å². The van der Waals surface area contributed by atoms with Crippen LogP contribution >= 0.6 is 0 Å². The van der Waals surface area contributed by atoms with E-state index in [1.165, 1.54) is 24.8 Å². The molecule has 0 radical (unpaired) electrons. The third-order valence-electron chi connectivity index (χ3n) is 3.20. The molecular weight excluding hydrogens is 234 g/mol. The topological polar surface area (TPSA) is 37.8 Å². The number of hydrogen-bond donors (Lipinski definition) is 1.